The maximum Gasteiger partial charge on any atom is 0.475 e. The van der Waals surface area contributed by atoms with Crippen molar-refractivity contribution in [3.63, 3.8) is 0 Å². The van der Waals surface area contributed by atoms with Gasteiger partial charge in [-0.25, -0.2) is 4.57 Å². The normalized spacial score (nSPS) is 13.0. The zero-order valence-corrected chi connectivity index (χ0v) is 36.0. The highest BCUT2D eigenvalue weighted by Crippen LogP contribution is 2.51. The molecule has 0 bridgehead atoms. The lowest BCUT2D eigenvalue weighted by atomic mass is 10.1. The third-order valence-electron chi connectivity index (χ3n) is 9.19. The predicted octanol–water partition coefficient (Wildman–Crippen LogP) is 8.34. The van der Waals surface area contributed by atoms with E-state index >= 15 is 0 Å². The Kier molecular flexibility index (Phi) is 25.2. The summed E-state index contributed by atoms with van der Waals surface area (Å²) in [6, 6.07) is 25.1. The van der Waals surface area contributed by atoms with E-state index in [1.165, 1.54) is 0 Å². The third-order valence-corrected chi connectivity index (χ3v) is 10.6. The average molecular weight is 840 g/mol. The van der Waals surface area contributed by atoms with Gasteiger partial charge in [0.05, 0.1) is 37.9 Å². The van der Waals surface area contributed by atoms with Crippen molar-refractivity contribution in [2.45, 2.75) is 96.7 Å². The zero-order chi connectivity index (χ0) is 42.4. The van der Waals surface area contributed by atoms with Gasteiger partial charge in [0.1, 0.15) is 19.8 Å². The Morgan fingerprint density at radius 2 is 0.729 bits per heavy atom. The molecule has 0 aliphatic heterocycles. The first-order valence-electron chi connectivity index (χ1n) is 21.1. The van der Waals surface area contributed by atoms with Gasteiger partial charge in [-0.15, -0.1) is 0 Å². The van der Waals surface area contributed by atoms with E-state index in [0.29, 0.717) is 36.5 Å². The van der Waals surface area contributed by atoms with E-state index < -0.39 is 25.9 Å². The molecule has 0 saturated carbocycles. The molecule has 0 radical (unpaired) electrons. The summed E-state index contributed by atoms with van der Waals surface area (Å²) in [5.41, 5.74) is 2.08. The number of hydrogen-bond acceptors (Lipinski definition) is 10. The van der Waals surface area contributed by atoms with Crippen molar-refractivity contribution in [1.29, 1.82) is 0 Å². The second-order valence-electron chi connectivity index (χ2n) is 14.2. The minimum absolute atomic E-state index is 0.154. The van der Waals surface area contributed by atoms with Crippen molar-refractivity contribution in [2.24, 2.45) is 0 Å². The Morgan fingerprint density at radius 1 is 0.458 bits per heavy atom. The van der Waals surface area contributed by atoms with E-state index in [4.69, 9.17) is 27.8 Å². The molecule has 13 nitrogen and oxygen atoms in total. The number of phosphoric acid groups is 1. The van der Waals surface area contributed by atoms with Crippen molar-refractivity contribution in [2.75, 3.05) is 59.5 Å². The van der Waals surface area contributed by atoms with Gasteiger partial charge in [0.15, 0.2) is 0 Å². The minimum atomic E-state index is -4.52. The molecular weight excluding hydrogens is 773 g/mol. The first kappa shape index (κ1) is 49.4. The van der Waals surface area contributed by atoms with Crippen molar-refractivity contribution >= 4 is 25.5 Å². The van der Waals surface area contributed by atoms with Crippen LogP contribution in [-0.4, -0.2) is 77.2 Å². The summed E-state index contributed by atoms with van der Waals surface area (Å²) in [4.78, 5) is 39.2. The monoisotopic (exact) mass is 839 g/mol. The van der Waals surface area contributed by atoms with Gasteiger partial charge in [-0.3, -0.25) is 28.0 Å². The summed E-state index contributed by atoms with van der Waals surface area (Å²) in [5.74, 6) is -1.12. The van der Waals surface area contributed by atoms with Gasteiger partial charge in [-0.2, -0.15) is 0 Å². The van der Waals surface area contributed by atoms with Gasteiger partial charge in [0.25, 0.3) is 0 Å². The van der Waals surface area contributed by atoms with E-state index in [2.05, 4.69) is 36.7 Å². The highest BCUT2D eigenvalue weighted by molar-refractivity contribution is 7.48. The molecule has 3 rings (SSSR count). The Morgan fingerprint density at radius 3 is 0.983 bits per heavy atom. The lowest BCUT2D eigenvalue weighted by molar-refractivity contribution is -0.127. The van der Waals surface area contributed by atoms with Crippen LogP contribution in [0.4, 0.5) is 0 Å². The van der Waals surface area contributed by atoms with Gasteiger partial charge >= 0.3 is 7.82 Å². The summed E-state index contributed by atoms with van der Waals surface area (Å²) in [6.45, 7) is 6.29. The van der Waals surface area contributed by atoms with Gasteiger partial charge in [0, 0.05) is 19.8 Å². The fraction of sp³-hybridized carbons (Fsp3) is 0.533. The molecule has 0 aliphatic rings. The number of rotatable bonds is 33. The largest absolute Gasteiger partial charge is 0.475 e. The first-order chi connectivity index (χ1) is 28.8. The number of carbonyl (C=O) groups is 3. The molecule has 3 aromatic rings. The molecule has 3 amide bonds. The van der Waals surface area contributed by atoms with Gasteiger partial charge in [0.2, 0.25) is 17.7 Å². The van der Waals surface area contributed by atoms with Crippen LogP contribution >= 0.6 is 7.82 Å². The van der Waals surface area contributed by atoms with Gasteiger partial charge in [-0.1, -0.05) is 150 Å². The summed E-state index contributed by atoms with van der Waals surface area (Å²) in [5, 5.41) is 8.80. The number of benzene rings is 3. The van der Waals surface area contributed by atoms with Crippen LogP contribution in [0.1, 0.15) is 113 Å². The molecule has 0 fully saturated rings. The van der Waals surface area contributed by atoms with Crippen LogP contribution in [0.5, 0.6) is 0 Å². The second kappa shape index (κ2) is 30.1. The van der Waals surface area contributed by atoms with Crippen LogP contribution in [0.3, 0.4) is 0 Å². The lowest BCUT2D eigenvalue weighted by Crippen LogP contribution is -2.36. The molecule has 3 aromatic carbocycles. The summed E-state index contributed by atoms with van der Waals surface area (Å²) in [6.07, 6.45) is 8.64. The molecule has 0 saturated heterocycles. The molecule has 0 aliphatic carbocycles. The highest BCUT2D eigenvalue weighted by atomic mass is 31.2. The van der Waals surface area contributed by atoms with Crippen LogP contribution in [0.15, 0.2) is 91.0 Å². The number of ether oxygens (including phenoxy) is 3. The van der Waals surface area contributed by atoms with Gasteiger partial charge < -0.3 is 30.2 Å². The van der Waals surface area contributed by atoms with E-state index in [1.54, 1.807) is 0 Å². The van der Waals surface area contributed by atoms with Crippen molar-refractivity contribution in [3.05, 3.63) is 108 Å². The van der Waals surface area contributed by atoms with E-state index in [1.807, 2.05) is 91.0 Å². The number of nitrogens with one attached hydrogen (secondary N) is 3. The van der Waals surface area contributed by atoms with Gasteiger partial charge in [-0.05, 0) is 36.0 Å². The van der Waals surface area contributed by atoms with E-state index in [0.717, 1.165) is 57.8 Å². The number of hydrogen-bond donors (Lipinski definition) is 3. The first-order valence-corrected chi connectivity index (χ1v) is 22.5. The molecule has 3 N–H and O–H groups in total. The molecule has 0 heterocycles. The molecule has 59 heavy (non-hydrogen) atoms. The predicted molar refractivity (Wildman–Crippen MR) is 228 cm³/mol. The van der Waals surface area contributed by atoms with Crippen LogP contribution in [0, 0.1) is 0 Å². The standard InChI is InChI=1S/C45H66N3O10P/c1-4-7-19-28-53-34-43(49)46-40(37-22-13-10-14-23-37)31-56-59(52,57-32-41(38-24-15-11-16-25-38)47-44(50)35-54-29-20-8-5-2)58-33-42(39-26-17-12-18-27-39)48-45(51)36-55-30-21-9-6-3/h10-18,22-27,40-42H,4-9,19-21,28-36H2,1-3H3,(H,46,49)(H,47,50)(H,48,51)/t40-,41-,42-/m0/s1. The Balaban J connectivity index is 1.85. The van der Waals surface area contributed by atoms with Crippen LogP contribution in [0.25, 0.3) is 0 Å². The SMILES string of the molecule is CCCCCOCC(=O)N[C@@H](COP(=O)(OC[C@H](NC(=O)COCCCCC)c1ccccc1)OC[C@H](NC(=O)COCCCCC)c1ccccc1)c1ccccc1. The number of amides is 3. The molecular formula is C45H66N3O10P. The lowest BCUT2D eigenvalue weighted by Gasteiger charge is -2.27. The van der Waals surface area contributed by atoms with Crippen LogP contribution in [-0.2, 0) is 46.7 Å². The topological polar surface area (TPSA) is 160 Å². The number of phosphoric ester groups is 1. The molecule has 3 atom stereocenters. The fourth-order valence-corrected chi connectivity index (χ4v) is 7.11. The van der Waals surface area contributed by atoms with Crippen molar-refractivity contribution in [3.8, 4) is 0 Å². The molecule has 0 aromatic heterocycles. The average Bonchev–Trinajstić information content (AvgIpc) is 3.26. The molecule has 0 unspecified atom stereocenters. The van der Waals surface area contributed by atoms with Crippen molar-refractivity contribution in [1.82, 2.24) is 16.0 Å². The Bertz CT molecular complexity index is 1430. The molecule has 14 heteroatoms. The highest BCUT2D eigenvalue weighted by Gasteiger charge is 2.33. The number of unbranched alkanes of at least 4 members (excludes halogenated alkanes) is 6. The summed E-state index contributed by atoms with van der Waals surface area (Å²) >= 11 is 0. The fourth-order valence-electron chi connectivity index (χ4n) is 5.89. The Labute approximate surface area is 351 Å². The maximum atomic E-state index is 14.8. The smallest absolute Gasteiger partial charge is 0.372 e. The van der Waals surface area contributed by atoms with Crippen LogP contribution < -0.4 is 16.0 Å². The molecule has 326 valence electrons. The quantitative estimate of drug-likeness (QED) is 0.0402. The summed E-state index contributed by atoms with van der Waals surface area (Å²) < 4.78 is 49.8. The zero-order valence-electron chi connectivity index (χ0n) is 35.1. The van der Waals surface area contributed by atoms with E-state index in [-0.39, 0.29) is 57.4 Å². The summed E-state index contributed by atoms with van der Waals surface area (Å²) in [7, 11) is -4.52. The minimum Gasteiger partial charge on any atom is -0.372 e. The van der Waals surface area contributed by atoms with E-state index in [9.17, 15) is 18.9 Å². The van der Waals surface area contributed by atoms with Crippen LogP contribution in [0.2, 0.25) is 0 Å². The third kappa shape index (κ3) is 21.2. The maximum absolute atomic E-state index is 14.8. The van der Waals surface area contributed by atoms with Crippen molar-refractivity contribution < 1.29 is 46.7 Å². The second-order valence-corrected chi connectivity index (χ2v) is 15.9. The Hall–Kier alpha value is -3.94. The molecule has 0 spiro atoms. The number of carbonyl (C=O) groups excluding carboxylic acids is 3.